The molecule has 4 heteroatoms. The van der Waals surface area contributed by atoms with E-state index in [4.69, 9.17) is 0 Å². The summed E-state index contributed by atoms with van der Waals surface area (Å²) < 4.78 is 0. The summed E-state index contributed by atoms with van der Waals surface area (Å²) in [5, 5.41) is 3.04. The summed E-state index contributed by atoms with van der Waals surface area (Å²) in [6, 6.07) is 7.92. The summed E-state index contributed by atoms with van der Waals surface area (Å²) in [5.74, 6) is 2.42. The standard InChI is InChI=1S/C17H23N3O/c1-3-7-12-11(4-2)16(12)17(21)18-10-15-19-13-8-5-6-9-14(13)20-15/h5-6,8-9,11-12,16H,3-4,7,10H2,1-2H3,(H,18,21)(H,19,20)/t11?,12?,16-/m1/s1. The van der Waals surface area contributed by atoms with Gasteiger partial charge in [0.05, 0.1) is 17.6 Å². The molecule has 3 rings (SSSR count). The predicted octanol–water partition coefficient (Wildman–Crippen LogP) is 3.25. The van der Waals surface area contributed by atoms with E-state index >= 15 is 0 Å². The number of benzene rings is 1. The highest BCUT2D eigenvalue weighted by molar-refractivity contribution is 5.82. The zero-order chi connectivity index (χ0) is 14.8. The van der Waals surface area contributed by atoms with Crippen LogP contribution in [0, 0.1) is 17.8 Å². The Labute approximate surface area is 125 Å². The Balaban J connectivity index is 1.58. The van der Waals surface area contributed by atoms with Crippen molar-refractivity contribution in [2.45, 2.75) is 39.7 Å². The molecule has 21 heavy (non-hydrogen) atoms. The monoisotopic (exact) mass is 285 g/mol. The summed E-state index contributed by atoms with van der Waals surface area (Å²) in [7, 11) is 0. The maximum Gasteiger partial charge on any atom is 0.224 e. The molecule has 1 aliphatic carbocycles. The molecular weight excluding hydrogens is 262 g/mol. The smallest absolute Gasteiger partial charge is 0.224 e. The quantitative estimate of drug-likeness (QED) is 0.856. The Kier molecular flexibility index (Phi) is 3.95. The fraction of sp³-hybridized carbons (Fsp3) is 0.529. The number of para-hydroxylation sites is 2. The third-order valence-electron chi connectivity index (χ3n) is 4.60. The number of hydrogen-bond donors (Lipinski definition) is 2. The molecule has 2 unspecified atom stereocenters. The van der Waals surface area contributed by atoms with E-state index in [1.807, 2.05) is 24.3 Å². The van der Waals surface area contributed by atoms with Crippen molar-refractivity contribution in [1.82, 2.24) is 15.3 Å². The number of H-pyrrole nitrogens is 1. The van der Waals surface area contributed by atoms with Gasteiger partial charge in [0.25, 0.3) is 0 Å². The second kappa shape index (κ2) is 5.88. The van der Waals surface area contributed by atoms with Crippen molar-refractivity contribution in [3.8, 4) is 0 Å². The van der Waals surface area contributed by atoms with Crippen molar-refractivity contribution in [2.24, 2.45) is 17.8 Å². The lowest BCUT2D eigenvalue weighted by Gasteiger charge is -2.02. The van der Waals surface area contributed by atoms with Crippen molar-refractivity contribution < 1.29 is 4.79 Å². The number of aromatic amines is 1. The normalized spacial score (nSPS) is 24.2. The van der Waals surface area contributed by atoms with Gasteiger partial charge in [0.1, 0.15) is 5.82 Å². The number of imidazole rings is 1. The first-order chi connectivity index (χ1) is 10.2. The van der Waals surface area contributed by atoms with E-state index in [1.54, 1.807) is 0 Å². The van der Waals surface area contributed by atoms with Crippen LogP contribution in [0.3, 0.4) is 0 Å². The van der Waals surface area contributed by atoms with Crippen LogP contribution in [0.1, 0.15) is 38.9 Å². The number of carbonyl (C=O) groups is 1. The minimum Gasteiger partial charge on any atom is -0.349 e. The molecule has 1 heterocycles. The summed E-state index contributed by atoms with van der Waals surface area (Å²) >= 11 is 0. The van der Waals surface area contributed by atoms with Gasteiger partial charge in [-0.1, -0.05) is 38.8 Å². The van der Waals surface area contributed by atoms with Crippen LogP contribution in [0.25, 0.3) is 11.0 Å². The molecule has 1 aliphatic rings. The van der Waals surface area contributed by atoms with E-state index in [-0.39, 0.29) is 11.8 Å². The van der Waals surface area contributed by atoms with Gasteiger partial charge < -0.3 is 10.3 Å². The number of nitrogens with one attached hydrogen (secondary N) is 2. The third-order valence-corrected chi connectivity index (χ3v) is 4.60. The van der Waals surface area contributed by atoms with Crippen LogP contribution in [-0.4, -0.2) is 15.9 Å². The topological polar surface area (TPSA) is 57.8 Å². The van der Waals surface area contributed by atoms with E-state index in [9.17, 15) is 4.79 Å². The zero-order valence-electron chi connectivity index (χ0n) is 12.7. The molecule has 0 saturated heterocycles. The fourth-order valence-electron chi connectivity index (χ4n) is 3.50. The maximum absolute atomic E-state index is 12.3. The van der Waals surface area contributed by atoms with Gasteiger partial charge in [-0.3, -0.25) is 4.79 Å². The van der Waals surface area contributed by atoms with Gasteiger partial charge >= 0.3 is 0 Å². The minimum atomic E-state index is 0.195. The number of aromatic nitrogens is 2. The first kappa shape index (κ1) is 14.1. The molecule has 1 amide bonds. The first-order valence-electron chi connectivity index (χ1n) is 7.96. The lowest BCUT2D eigenvalue weighted by molar-refractivity contribution is -0.123. The van der Waals surface area contributed by atoms with Gasteiger partial charge in [-0.05, 0) is 30.4 Å². The Morgan fingerprint density at radius 3 is 2.81 bits per heavy atom. The van der Waals surface area contributed by atoms with E-state index in [0.29, 0.717) is 18.4 Å². The van der Waals surface area contributed by atoms with Crippen LogP contribution >= 0.6 is 0 Å². The van der Waals surface area contributed by atoms with Crippen molar-refractivity contribution in [3.05, 3.63) is 30.1 Å². The van der Waals surface area contributed by atoms with Crippen LogP contribution in [0.4, 0.5) is 0 Å². The molecule has 0 radical (unpaired) electrons. The number of rotatable bonds is 6. The number of hydrogen-bond acceptors (Lipinski definition) is 2. The van der Waals surface area contributed by atoms with E-state index in [1.165, 1.54) is 6.42 Å². The van der Waals surface area contributed by atoms with Gasteiger partial charge in [-0.25, -0.2) is 4.98 Å². The first-order valence-corrected chi connectivity index (χ1v) is 7.96. The summed E-state index contributed by atoms with van der Waals surface area (Å²) in [6.07, 6.45) is 3.43. The lowest BCUT2D eigenvalue weighted by atomic mass is 10.2. The van der Waals surface area contributed by atoms with Gasteiger partial charge in [0.2, 0.25) is 5.91 Å². The Hall–Kier alpha value is -1.84. The average Bonchev–Trinajstić information content (AvgIpc) is 3.03. The summed E-state index contributed by atoms with van der Waals surface area (Å²) in [4.78, 5) is 20.0. The molecule has 112 valence electrons. The highest BCUT2D eigenvalue weighted by Crippen LogP contribution is 2.51. The molecule has 0 spiro atoms. The van der Waals surface area contributed by atoms with E-state index in [2.05, 4.69) is 29.1 Å². The second-order valence-corrected chi connectivity index (χ2v) is 5.97. The van der Waals surface area contributed by atoms with Gasteiger partial charge in [0.15, 0.2) is 0 Å². The number of fused-ring (bicyclic) bond motifs is 1. The lowest BCUT2D eigenvalue weighted by Crippen LogP contribution is -2.26. The SMILES string of the molecule is CCCC1C(CC)[C@H]1C(=O)NCc1nc2ccccc2[nH]1. The minimum absolute atomic E-state index is 0.195. The molecule has 4 nitrogen and oxygen atoms in total. The van der Waals surface area contributed by atoms with Gasteiger partial charge in [-0.15, -0.1) is 0 Å². The molecule has 2 N–H and O–H groups in total. The van der Waals surface area contributed by atoms with Gasteiger partial charge in [0, 0.05) is 5.92 Å². The fourth-order valence-corrected chi connectivity index (χ4v) is 3.50. The average molecular weight is 285 g/mol. The van der Waals surface area contributed by atoms with Gasteiger partial charge in [-0.2, -0.15) is 0 Å². The second-order valence-electron chi connectivity index (χ2n) is 5.97. The third kappa shape index (κ3) is 2.80. The number of amides is 1. The number of carbonyl (C=O) groups excluding carboxylic acids is 1. The highest BCUT2D eigenvalue weighted by Gasteiger charge is 2.52. The Bertz CT molecular complexity index is 601. The Morgan fingerprint density at radius 1 is 1.29 bits per heavy atom. The molecule has 3 atom stereocenters. The zero-order valence-corrected chi connectivity index (χ0v) is 12.7. The highest BCUT2D eigenvalue weighted by atomic mass is 16.2. The molecule has 1 aromatic carbocycles. The van der Waals surface area contributed by atoms with Crippen LogP contribution in [0.5, 0.6) is 0 Å². The van der Waals surface area contributed by atoms with Crippen LogP contribution in [-0.2, 0) is 11.3 Å². The Morgan fingerprint density at radius 2 is 2.10 bits per heavy atom. The van der Waals surface area contributed by atoms with Crippen molar-refractivity contribution in [2.75, 3.05) is 0 Å². The molecular formula is C17H23N3O. The molecule has 0 aliphatic heterocycles. The molecule has 2 aromatic rings. The maximum atomic E-state index is 12.3. The van der Waals surface area contributed by atoms with E-state index in [0.717, 1.165) is 29.7 Å². The van der Waals surface area contributed by atoms with E-state index < -0.39 is 0 Å². The van der Waals surface area contributed by atoms with Crippen molar-refractivity contribution in [3.63, 3.8) is 0 Å². The van der Waals surface area contributed by atoms with Crippen molar-refractivity contribution in [1.29, 1.82) is 0 Å². The molecule has 1 fully saturated rings. The van der Waals surface area contributed by atoms with Crippen LogP contribution < -0.4 is 5.32 Å². The summed E-state index contributed by atoms with van der Waals surface area (Å²) in [6.45, 7) is 4.85. The largest absolute Gasteiger partial charge is 0.349 e. The predicted molar refractivity (Wildman–Crippen MR) is 83.6 cm³/mol. The van der Waals surface area contributed by atoms with Crippen LogP contribution in [0.15, 0.2) is 24.3 Å². The number of nitrogens with zero attached hydrogens (tertiary/aromatic N) is 1. The molecule has 0 bridgehead atoms. The molecule has 1 saturated carbocycles. The molecule has 1 aromatic heterocycles. The van der Waals surface area contributed by atoms with Crippen LogP contribution in [0.2, 0.25) is 0 Å². The summed E-state index contributed by atoms with van der Waals surface area (Å²) in [5.41, 5.74) is 1.96. The van der Waals surface area contributed by atoms with Crippen molar-refractivity contribution >= 4 is 16.9 Å².